The number of nitrogens with zero attached hydrogens (tertiary/aromatic N) is 5. The van der Waals surface area contributed by atoms with Gasteiger partial charge >= 0.3 is 6.18 Å². The Hall–Kier alpha value is -2.72. The molecule has 3 aromatic rings. The average molecular weight is 448 g/mol. The highest BCUT2D eigenvalue weighted by atomic mass is 19.4. The van der Waals surface area contributed by atoms with Crippen molar-refractivity contribution in [2.24, 2.45) is 0 Å². The van der Waals surface area contributed by atoms with Crippen LogP contribution in [0.1, 0.15) is 54.9 Å². The topological polar surface area (TPSA) is 80.8 Å². The summed E-state index contributed by atoms with van der Waals surface area (Å²) < 4.78 is 42.5. The van der Waals surface area contributed by atoms with Crippen molar-refractivity contribution in [1.82, 2.24) is 29.9 Å². The molecule has 4 rings (SSSR count). The molecule has 172 valence electrons. The molecule has 2 aromatic heterocycles. The van der Waals surface area contributed by atoms with Crippen molar-refractivity contribution in [1.29, 1.82) is 0 Å². The van der Waals surface area contributed by atoms with Crippen molar-refractivity contribution in [2.45, 2.75) is 70.1 Å². The summed E-state index contributed by atoms with van der Waals surface area (Å²) in [6, 6.07) is 4.48. The number of alkyl halides is 3. The second-order valence-corrected chi connectivity index (χ2v) is 8.56. The maximum Gasteiger partial charge on any atom is 0.416 e. The SMILES string of the molecule is Cc1nccn1CCCn1cc([C@@H]2CC(O)(c3ccc(C(F)(F)F)cc3)C[C@H](C)N2)nn1. The molecule has 0 amide bonds. The van der Waals surface area contributed by atoms with E-state index in [0.29, 0.717) is 30.6 Å². The first-order chi connectivity index (χ1) is 15.1. The summed E-state index contributed by atoms with van der Waals surface area (Å²) in [4.78, 5) is 4.21. The molecule has 1 fully saturated rings. The molecule has 3 heterocycles. The maximum absolute atomic E-state index is 12.9. The van der Waals surface area contributed by atoms with Crippen LogP contribution in [-0.4, -0.2) is 35.7 Å². The molecule has 32 heavy (non-hydrogen) atoms. The Labute approximate surface area is 184 Å². The minimum Gasteiger partial charge on any atom is -0.385 e. The van der Waals surface area contributed by atoms with Crippen LogP contribution >= 0.6 is 0 Å². The molecule has 1 aliphatic rings. The first-order valence-corrected chi connectivity index (χ1v) is 10.7. The third kappa shape index (κ3) is 4.86. The van der Waals surface area contributed by atoms with E-state index < -0.39 is 17.3 Å². The quantitative estimate of drug-likeness (QED) is 0.602. The number of piperidine rings is 1. The van der Waals surface area contributed by atoms with Gasteiger partial charge in [-0.2, -0.15) is 13.2 Å². The summed E-state index contributed by atoms with van der Waals surface area (Å²) in [5.41, 5.74) is -0.785. The van der Waals surface area contributed by atoms with Crippen LogP contribution in [-0.2, 0) is 24.9 Å². The van der Waals surface area contributed by atoms with Gasteiger partial charge in [-0.25, -0.2) is 4.98 Å². The Bertz CT molecular complexity index is 1040. The Kier molecular flexibility index (Phi) is 6.09. The number of aliphatic hydroxyl groups is 1. The van der Waals surface area contributed by atoms with Crippen LogP contribution in [0.3, 0.4) is 0 Å². The van der Waals surface area contributed by atoms with E-state index in [1.54, 1.807) is 10.9 Å². The normalized spacial score (nSPS) is 24.1. The van der Waals surface area contributed by atoms with Crippen LogP contribution in [0, 0.1) is 6.92 Å². The third-order valence-corrected chi connectivity index (χ3v) is 6.04. The molecule has 2 N–H and O–H groups in total. The van der Waals surface area contributed by atoms with Gasteiger partial charge in [0.15, 0.2) is 0 Å². The highest BCUT2D eigenvalue weighted by molar-refractivity contribution is 5.30. The van der Waals surface area contributed by atoms with E-state index in [0.717, 1.165) is 30.9 Å². The highest BCUT2D eigenvalue weighted by Crippen LogP contribution is 2.40. The lowest BCUT2D eigenvalue weighted by Gasteiger charge is -2.40. The Morgan fingerprint density at radius 2 is 1.94 bits per heavy atom. The molecule has 0 bridgehead atoms. The van der Waals surface area contributed by atoms with Gasteiger partial charge in [0.1, 0.15) is 5.82 Å². The van der Waals surface area contributed by atoms with Crippen LogP contribution in [0.15, 0.2) is 42.9 Å². The van der Waals surface area contributed by atoms with Gasteiger partial charge in [-0.05, 0) is 44.4 Å². The molecule has 10 heteroatoms. The summed E-state index contributed by atoms with van der Waals surface area (Å²) in [7, 11) is 0. The number of imidazole rings is 1. The number of rotatable bonds is 6. The number of aromatic nitrogens is 5. The first kappa shape index (κ1) is 22.5. The molecule has 1 unspecified atom stereocenters. The van der Waals surface area contributed by atoms with Gasteiger partial charge in [0.2, 0.25) is 0 Å². The van der Waals surface area contributed by atoms with Crippen molar-refractivity contribution in [3.05, 3.63) is 65.5 Å². The fourth-order valence-electron chi connectivity index (χ4n) is 4.41. The highest BCUT2D eigenvalue weighted by Gasteiger charge is 2.41. The van der Waals surface area contributed by atoms with Crippen molar-refractivity contribution >= 4 is 0 Å². The molecule has 7 nitrogen and oxygen atoms in total. The Morgan fingerprint density at radius 1 is 1.19 bits per heavy atom. The molecular formula is C22H27F3N6O. The standard InChI is InChI=1S/C22H27F3N6O/c1-15-12-21(32,17-4-6-18(7-5-17)22(23,24)25)13-19(27-15)20-14-31(29-28-20)10-3-9-30-11-8-26-16(30)2/h4-8,11,14-15,19,27,32H,3,9-10,12-13H2,1-2H3/t15-,19-,21?/m0/s1. The zero-order valence-corrected chi connectivity index (χ0v) is 18.0. The number of hydrogen-bond donors (Lipinski definition) is 2. The molecule has 1 aliphatic heterocycles. The van der Waals surface area contributed by atoms with Gasteiger partial charge < -0.3 is 15.0 Å². The van der Waals surface area contributed by atoms with E-state index in [4.69, 9.17) is 0 Å². The molecular weight excluding hydrogens is 421 g/mol. The zero-order valence-electron chi connectivity index (χ0n) is 18.0. The van der Waals surface area contributed by atoms with Gasteiger partial charge in [-0.15, -0.1) is 5.10 Å². The van der Waals surface area contributed by atoms with E-state index >= 15 is 0 Å². The largest absolute Gasteiger partial charge is 0.416 e. The van der Waals surface area contributed by atoms with Gasteiger partial charge in [0.25, 0.3) is 0 Å². The third-order valence-electron chi connectivity index (χ3n) is 6.04. The van der Waals surface area contributed by atoms with E-state index in [1.165, 1.54) is 12.1 Å². The number of aryl methyl sites for hydroxylation is 3. The summed E-state index contributed by atoms with van der Waals surface area (Å²) in [6.45, 7) is 5.42. The molecule has 3 atom stereocenters. The predicted molar refractivity (Wildman–Crippen MR) is 112 cm³/mol. The molecule has 1 aromatic carbocycles. The number of nitrogens with one attached hydrogen (secondary N) is 1. The van der Waals surface area contributed by atoms with Crippen LogP contribution in [0.2, 0.25) is 0 Å². The second kappa shape index (κ2) is 8.67. The maximum atomic E-state index is 12.9. The van der Waals surface area contributed by atoms with Gasteiger partial charge in [0.05, 0.1) is 29.1 Å². The lowest BCUT2D eigenvalue weighted by molar-refractivity contribution is -0.137. The predicted octanol–water partition coefficient (Wildman–Crippen LogP) is 3.59. The minimum atomic E-state index is -4.40. The molecule has 0 saturated carbocycles. The van der Waals surface area contributed by atoms with E-state index in [2.05, 4.69) is 25.2 Å². The van der Waals surface area contributed by atoms with Gasteiger partial charge in [-0.1, -0.05) is 17.3 Å². The molecule has 0 radical (unpaired) electrons. The monoisotopic (exact) mass is 448 g/mol. The minimum absolute atomic E-state index is 0.0459. The van der Waals surface area contributed by atoms with E-state index in [1.807, 2.05) is 26.2 Å². The summed E-state index contributed by atoms with van der Waals surface area (Å²) in [5.74, 6) is 0.965. The van der Waals surface area contributed by atoms with Crippen molar-refractivity contribution in [3.8, 4) is 0 Å². The van der Waals surface area contributed by atoms with Gasteiger partial charge in [-0.3, -0.25) is 4.68 Å². The number of hydrogen-bond acceptors (Lipinski definition) is 5. The Balaban J connectivity index is 1.43. The van der Waals surface area contributed by atoms with Crippen LogP contribution in [0.25, 0.3) is 0 Å². The fourth-order valence-corrected chi connectivity index (χ4v) is 4.41. The molecule has 0 aliphatic carbocycles. The van der Waals surface area contributed by atoms with Crippen LogP contribution < -0.4 is 5.32 Å². The Morgan fingerprint density at radius 3 is 2.59 bits per heavy atom. The first-order valence-electron chi connectivity index (χ1n) is 10.7. The molecule has 1 saturated heterocycles. The lowest BCUT2D eigenvalue weighted by Crippen LogP contribution is -2.47. The van der Waals surface area contributed by atoms with Crippen LogP contribution in [0.4, 0.5) is 13.2 Å². The number of halogens is 3. The smallest absolute Gasteiger partial charge is 0.385 e. The molecule has 0 spiro atoms. The van der Waals surface area contributed by atoms with Crippen LogP contribution in [0.5, 0.6) is 0 Å². The van der Waals surface area contributed by atoms with E-state index in [-0.39, 0.29) is 12.1 Å². The van der Waals surface area contributed by atoms with Crippen molar-refractivity contribution in [3.63, 3.8) is 0 Å². The summed E-state index contributed by atoms with van der Waals surface area (Å²) >= 11 is 0. The second-order valence-electron chi connectivity index (χ2n) is 8.56. The van der Waals surface area contributed by atoms with E-state index in [9.17, 15) is 18.3 Å². The number of benzene rings is 1. The summed E-state index contributed by atoms with van der Waals surface area (Å²) in [6.07, 6.45) is 2.74. The average Bonchev–Trinajstić information content (AvgIpc) is 3.36. The fraction of sp³-hybridized carbons (Fsp3) is 0.500. The van der Waals surface area contributed by atoms with Crippen molar-refractivity contribution < 1.29 is 18.3 Å². The lowest BCUT2D eigenvalue weighted by atomic mass is 9.78. The zero-order chi connectivity index (χ0) is 22.9. The van der Waals surface area contributed by atoms with Gasteiger partial charge in [0, 0.05) is 37.9 Å². The summed E-state index contributed by atoms with van der Waals surface area (Å²) in [5, 5.41) is 23.3. The van der Waals surface area contributed by atoms with Crippen molar-refractivity contribution in [2.75, 3.05) is 0 Å².